The van der Waals surface area contributed by atoms with Gasteiger partial charge in [-0.15, -0.1) is 0 Å². The minimum Gasteiger partial charge on any atom is -0.377 e. The molecule has 1 N–H and O–H groups in total. The van der Waals surface area contributed by atoms with E-state index < -0.39 is 0 Å². The third-order valence-electron chi connectivity index (χ3n) is 4.76. The van der Waals surface area contributed by atoms with Gasteiger partial charge in [0, 0.05) is 23.8 Å². The highest BCUT2D eigenvalue weighted by atomic mass is 16.5. The number of likely N-dealkylation sites (N-methyl/N-ethyl adjacent to an activating group) is 1. The van der Waals surface area contributed by atoms with Gasteiger partial charge in [0.2, 0.25) is 0 Å². The van der Waals surface area contributed by atoms with Crippen molar-refractivity contribution in [2.45, 2.75) is 19.4 Å². The van der Waals surface area contributed by atoms with Crippen LogP contribution in [0.1, 0.15) is 35.3 Å². The van der Waals surface area contributed by atoms with Gasteiger partial charge in [-0.1, -0.05) is 36.4 Å². The van der Waals surface area contributed by atoms with Crippen LogP contribution < -0.4 is 5.32 Å². The maximum atomic E-state index is 12.3. The summed E-state index contributed by atoms with van der Waals surface area (Å²) in [5.41, 5.74) is 3.99. The van der Waals surface area contributed by atoms with Gasteiger partial charge >= 0.3 is 0 Å². The fraction of sp³-hybridized carbons (Fsp3) is 0.318. The van der Waals surface area contributed by atoms with Crippen LogP contribution in [-0.4, -0.2) is 37.6 Å². The van der Waals surface area contributed by atoms with Crippen LogP contribution in [0.4, 0.5) is 5.69 Å². The molecular formula is C22H26N2O2. The van der Waals surface area contributed by atoms with E-state index in [1.165, 1.54) is 11.1 Å². The Hall–Kier alpha value is -2.43. The Morgan fingerprint density at radius 2 is 2.00 bits per heavy atom. The Labute approximate surface area is 155 Å². The van der Waals surface area contributed by atoms with Gasteiger partial charge in [0.25, 0.3) is 5.91 Å². The molecular weight excluding hydrogens is 324 g/mol. The van der Waals surface area contributed by atoms with E-state index >= 15 is 0 Å². The molecule has 1 atom stereocenters. The lowest BCUT2D eigenvalue weighted by molar-refractivity contribution is 0.102. The van der Waals surface area contributed by atoms with E-state index in [9.17, 15) is 4.79 Å². The van der Waals surface area contributed by atoms with Crippen LogP contribution in [0, 0.1) is 0 Å². The van der Waals surface area contributed by atoms with E-state index in [1.54, 1.807) is 0 Å². The van der Waals surface area contributed by atoms with Crippen molar-refractivity contribution in [2.24, 2.45) is 0 Å². The molecule has 1 heterocycles. The Kier molecular flexibility index (Phi) is 6.21. The molecule has 3 rings (SSSR count). The van der Waals surface area contributed by atoms with Crippen LogP contribution in [-0.2, 0) is 4.74 Å². The van der Waals surface area contributed by atoms with E-state index in [0.717, 1.165) is 31.9 Å². The molecule has 0 fully saturated rings. The first kappa shape index (κ1) is 18.4. The Balaban J connectivity index is 1.66. The second-order valence-electron chi connectivity index (χ2n) is 6.74. The Morgan fingerprint density at radius 1 is 1.19 bits per heavy atom. The second kappa shape index (κ2) is 8.79. The van der Waals surface area contributed by atoms with Crippen molar-refractivity contribution in [3.8, 4) is 0 Å². The number of hydrogen-bond acceptors (Lipinski definition) is 3. The summed E-state index contributed by atoms with van der Waals surface area (Å²) in [5, 5.41) is 2.98. The SMILES string of the molecule is CC(c1cccc(NC(=O)c2ccccc2)c1)N(C)CC1=CCCOC1. The second-order valence-corrected chi connectivity index (χ2v) is 6.74. The van der Waals surface area contributed by atoms with E-state index in [4.69, 9.17) is 4.74 Å². The molecule has 1 amide bonds. The topological polar surface area (TPSA) is 41.6 Å². The maximum absolute atomic E-state index is 12.3. The number of ether oxygens (including phenoxy) is 1. The van der Waals surface area contributed by atoms with Gasteiger partial charge in [0.15, 0.2) is 0 Å². The normalized spacial score (nSPS) is 15.4. The van der Waals surface area contributed by atoms with Crippen molar-refractivity contribution < 1.29 is 9.53 Å². The zero-order chi connectivity index (χ0) is 18.4. The molecule has 136 valence electrons. The largest absolute Gasteiger partial charge is 0.377 e. The average Bonchev–Trinajstić information content (AvgIpc) is 2.69. The third kappa shape index (κ3) is 4.81. The highest BCUT2D eigenvalue weighted by Crippen LogP contribution is 2.23. The summed E-state index contributed by atoms with van der Waals surface area (Å²) in [6.45, 7) is 4.63. The summed E-state index contributed by atoms with van der Waals surface area (Å²) in [5.74, 6) is -0.0896. The molecule has 26 heavy (non-hydrogen) atoms. The highest BCUT2D eigenvalue weighted by molar-refractivity contribution is 6.04. The van der Waals surface area contributed by atoms with Crippen LogP contribution in [0.15, 0.2) is 66.2 Å². The lowest BCUT2D eigenvalue weighted by Crippen LogP contribution is -2.27. The van der Waals surface area contributed by atoms with Crippen LogP contribution in [0.5, 0.6) is 0 Å². The minimum absolute atomic E-state index is 0.0896. The first-order chi connectivity index (χ1) is 12.6. The van der Waals surface area contributed by atoms with Crippen LogP contribution in [0.3, 0.4) is 0 Å². The number of nitrogens with zero attached hydrogens (tertiary/aromatic N) is 1. The van der Waals surface area contributed by atoms with Crippen molar-refractivity contribution in [1.29, 1.82) is 0 Å². The standard InChI is InChI=1S/C22H26N2O2/c1-17(24(2)15-18-8-7-13-26-16-18)20-11-6-12-21(14-20)23-22(25)19-9-4-3-5-10-19/h3-6,8-12,14,17H,7,13,15-16H2,1-2H3,(H,23,25). The number of rotatable bonds is 6. The summed E-state index contributed by atoms with van der Waals surface area (Å²) in [6.07, 6.45) is 3.28. The predicted octanol–water partition coefficient (Wildman–Crippen LogP) is 4.28. The van der Waals surface area contributed by atoms with Crippen LogP contribution >= 0.6 is 0 Å². The van der Waals surface area contributed by atoms with Crippen molar-refractivity contribution in [3.05, 3.63) is 77.4 Å². The van der Waals surface area contributed by atoms with Crippen molar-refractivity contribution >= 4 is 11.6 Å². The molecule has 4 heteroatoms. The quantitative estimate of drug-likeness (QED) is 0.791. The van der Waals surface area contributed by atoms with Gasteiger partial charge in [-0.2, -0.15) is 0 Å². The van der Waals surface area contributed by atoms with Crippen LogP contribution in [0.25, 0.3) is 0 Å². The molecule has 1 aliphatic heterocycles. The molecule has 0 aromatic heterocycles. The minimum atomic E-state index is -0.0896. The van der Waals surface area contributed by atoms with E-state index in [-0.39, 0.29) is 11.9 Å². The number of benzene rings is 2. The number of amides is 1. The molecule has 0 spiro atoms. The first-order valence-corrected chi connectivity index (χ1v) is 9.06. The summed E-state index contributed by atoms with van der Waals surface area (Å²) in [4.78, 5) is 14.7. The van der Waals surface area contributed by atoms with Gasteiger partial charge in [-0.3, -0.25) is 9.69 Å². The number of anilines is 1. The summed E-state index contributed by atoms with van der Waals surface area (Å²) in [6, 6.07) is 17.6. The van der Waals surface area contributed by atoms with Gasteiger partial charge in [-0.05, 0) is 55.8 Å². The van der Waals surface area contributed by atoms with Crippen LogP contribution in [0.2, 0.25) is 0 Å². The molecule has 1 aliphatic rings. The summed E-state index contributed by atoms with van der Waals surface area (Å²) >= 11 is 0. The number of carbonyl (C=O) groups excluding carboxylic acids is 1. The molecule has 2 aromatic carbocycles. The zero-order valence-corrected chi connectivity index (χ0v) is 15.4. The molecule has 4 nitrogen and oxygen atoms in total. The Morgan fingerprint density at radius 3 is 2.73 bits per heavy atom. The molecule has 0 saturated carbocycles. The highest BCUT2D eigenvalue weighted by Gasteiger charge is 2.15. The van der Waals surface area contributed by atoms with Crippen molar-refractivity contribution in [1.82, 2.24) is 4.90 Å². The molecule has 0 bridgehead atoms. The number of nitrogens with one attached hydrogen (secondary N) is 1. The number of hydrogen-bond donors (Lipinski definition) is 1. The zero-order valence-electron chi connectivity index (χ0n) is 15.4. The maximum Gasteiger partial charge on any atom is 0.255 e. The van der Waals surface area contributed by atoms with Gasteiger partial charge in [0.05, 0.1) is 13.2 Å². The average molecular weight is 350 g/mol. The lowest BCUT2D eigenvalue weighted by atomic mass is 10.1. The number of carbonyl (C=O) groups is 1. The third-order valence-corrected chi connectivity index (χ3v) is 4.76. The Bertz CT molecular complexity index is 771. The molecule has 0 radical (unpaired) electrons. The summed E-state index contributed by atoms with van der Waals surface area (Å²) in [7, 11) is 2.12. The monoisotopic (exact) mass is 350 g/mol. The predicted molar refractivity (Wildman–Crippen MR) is 105 cm³/mol. The van der Waals surface area contributed by atoms with Crippen molar-refractivity contribution in [2.75, 3.05) is 32.1 Å². The fourth-order valence-electron chi connectivity index (χ4n) is 3.10. The van der Waals surface area contributed by atoms with Gasteiger partial charge in [-0.25, -0.2) is 0 Å². The fourth-order valence-corrected chi connectivity index (χ4v) is 3.10. The summed E-state index contributed by atoms with van der Waals surface area (Å²) < 4.78 is 5.53. The lowest BCUT2D eigenvalue weighted by Gasteiger charge is -2.27. The molecule has 2 aromatic rings. The van der Waals surface area contributed by atoms with E-state index in [2.05, 4.69) is 36.3 Å². The smallest absolute Gasteiger partial charge is 0.255 e. The van der Waals surface area contributed by atoms with Gasteiger partial charge in [0.1, 0.15) is 0 Å². The molecule has 0 aliphatic carbocycles. The van der Waals surface area contributed by atoms with Crippen molar-refractivity contribution in [3.63, 3.8) is 0 Å². The van der Waals surface area contributed by atoms with E-state index in [1.807, 2.05) is 48.5 Å². The van der Waals surface area contributed by atoms with E-state index in [0.29, 0.717) is 5.56 Å². The first-order valence-electron chi connectivity index (χ1n) is 9.06. The molecule has 1 unspecified atom stereocenters. The van der Waals surface area contributed by atoms with Gasteiger partial charge < -0.3 is 10.1 Å². The molecule has 0 saturated heterocycles.